The quantitative estimate of drug-likeness (QED) is 0.739. The Morgan fingerprint density at radius 3 is 2.62 bits per heavy atom. The van der Waals surface area contributed by atoms with Crippen molar-refractivity contribution in [1.82, 2.24) is 15.5 Å². The molecule has 134 valence electrons. The molecule has 26 heavy (non-hydrogen) atoms. The number of hydrogen-bond acceptors (Lipinski definition) is 5. The van der Waals surface area contributed by atoms with Crippen molar-refractivity contribution in [3.05, 3.63) is 76.8 Å². The van der Waals surface area contributed by atoms with Crippen molar-refractivity contribution >= 4 is 11.7 Å². The van der Waals surface area contributed by atoms with Gasteiger partial charge in [-0.25, -0.2) is 4.98 Å². The van der Waals surface area contributed by atoms with Crippen molar-refractivity contribution in [2.45, 2.75) is 26.9 Å². The Bertz CT molecular complexity index is 870. The summed E-state index contributed by atoms with van der Waals surface area (Å²) in [5.74, 6) is 1.17. The van der Waals surface area contributed by atoms with Gasteiger partial charge in [-0.05, 0) is 25.5 Å². The third kappa shape index (κ3) is 3.91. The predicted molar refractivity (Wildman–Crippen MR) is 99.9 cm³/mol. The average Bonchev–Trinajstić information content (AvgIpc) is 2.99. The normalized spacial score (nSPS) is 10.6. The molecule has 0 atom stereocenters. The number of carbonyl (C=O) groups is 1. The number of aromatic nitrogens is 2. The molecule has 0 fully saturated rings. The second-order valence-corrected chi connectivity index (χ2v) is 6.21. The molecular formula is C20H22N4O2. The molecular weight excluding hydrogens is 328 g/mol. The second kappa shape index (κ2) is 7.82. The van der Waals surface area contributed by atoms with Crippen LogP contribution in [0.1, 0.15) is 32.9 Å². The summed E-state index contributed by atoms with van der Waals surface area (Å²) >= 11 is 0. The van der Waals surface area contributed by atoms with E-state index in [9.17, 15) is 4.79 Å². The van der Waals surface area contributed by atoms with E-state index in [1.807, 2.05) is 37.4 Å². The molecule has 6 nitrogen and oxygen atoms in total. The molecule has 0 aliphatic heterocycles. The summed E-state index contributed by atoms with van der Waals surface area (Å²) in [6.45, 7) is 4.61. The summed E-state index contributed by atoms with van der Waals surface area (Å²) < 4.78 is 5.07. The molecule has 1 amide bonds. The van der Waals surface area contributed by atoms with E-state index in [2.05, 4.69) is 32.5 Å². The van der Waals surface area contributed by atoms with E-state index in [4.69, 9.17) is 4.52 Å². The first kappa shape index (κ1) is 17.7. The number of amides is 1. The van der Waals surface area contributed by atoms with E-state index in [1.165, 1.54) is 5.56 Å². The zero-order valence-electron chi connectivity index (χ0n) is 15.2. The van der Waals surface area contributed by atoms with Gasteiger partial charge in [0.2, 0.25) is 0 Å². The van der Waals surface area contributed by atoms with Gasteiger partial charge in [0, 0.05) is 31.9 Å². The van der Waals surface area contributed by atoms with Crippen LogP contribution in [0.25, 0.3) is 0 Å². The molecule has 0 aliphatic rings. The average molecular weight is 350 g/mol. The maximum Gasteiger partial charge on any atom is 0.257 e. The van der Waals surface area contributed by atoms with Crippen LogP contribution in [0, 0.1) is 13.8 Å². The number of carbonyl (C=O) groups excluding carboxylic acids is 1. The van der Waals surface area contributed by atoms with Gasteiger partial charge in [-0.3, -0.25) is 4.79 Å². The lowest BCUT2D eigenvalue weighted by Crippen LogP contribution is -2.26. The summed E-state index contributed by atoms with van der Waals surface area (Å²) in [6.07, 6.45) is 1.76. The summed E-state index contributed by atoms with van der Waals surface area (Å²) in [5.41, 5.74) is 3.23. The number of pyridine rings is 1. The zero-order valence-corrected chi connectivity index (χ0v) is 15.2. The molecule has 3 rings (SSSR count). The van der Waals surface area contributed by atoms with Crippen molar-refractivity contribution in [1.29, 1.82) is 0 Å². The smallest absolute Gasteiger partial charge is 0.257 e. The first-order chi connectivity index (χ1) is 12.6. The molecule has 0 spiro atoms. The highest BCUT2D eigenvalue weighted by molar-refractivity contribution is 5.96. The third-order valence-electron chi connectivity index (χ3n) is 4.19. The van der Waals surface area contributed by atoms with E-state index in [1.54, 1.807) is 20.0 Å². The highest BCUT2D eigenvalue weighted by Gasteiger charge is 2.18. The minimum Gasteiger partial charge on any atom is -0.361 e. The van der Waals surface area contributed by atoms with Gasteiger partial charge in [-0.1, -0.05) is 41.6 Å². The monoisotopic (exact) mass is 350 g/mol. The zero-order chi connectivity index (χ0) is 18.5. The molecule has 3 aromatic rings. The van der Waals surface area contributed by atoms with E-state index in [-0.39, 0.29) is 5.91 Å². The van der Waals surface area contributed by atoms with Gasteiger partial charge in [0.1, 0.15) is 17.1 Å². The van der Waals surface area contributed by atoms with E-state index >= 15 is 0 Å². The second-order valence-electron chi connectivity index (χ2n) is 6.21. The number of nitrogens with one attached hydrogen (secondary N) is 1. The van der Waals surface area contributed by atoms with Crippen LogP contribution < -0.4 is 10.2 Å². The van der Waals surface area contributed by atoms with Crippen LogP contribution in [-0.2, 0) is 13.1 Å². The van der Waals surface area contributed by atoms with Crippen LogP contribution in [0.4, 0.5) is 5.82 Å². The number of benzene rings is 1. The minimum absolute atomic E-state index is 0.193. The van der Waals surface area contributed by atoms with Gasteiger partial charge in [0.25, 0.3) is 5.91 Å². The highest BCUT2D eigenvalue weighted by atomic mass is 16.5. The lowest BCUT2D eigenvalue weighted by Gasteiger charge is -2.21. The van der Waals surface area contributed by atoms with Crippen molar-refractivity contribution in [2.75, 3.05) is 11.9 Å². The maximum absolute atomic E-state index is 12.4. The molecule has 1 aromatic carbocycles. The van der Waals surface area contributed by atoms with Crippen molar-refractivity contribution in [3.8, 4) is 0 Å². The third-order valence-corrected chi connectivity index (χ3v) is 4.19. The SMILES string of the molecule is Cc1noc(C)c1C(=O)NCc1cccnc1N(C)Cc1ccccc1. The topological polar surface area (TPSA) is 71.3 Å². The first-order valence-corrected chi connectivity index (χ1v) is 8.46. The molecule has 1 N–H and O–H groups in total. The van der Waals surface area contributed by atoms with Gasteiger partial charge in [-0.15, -0.1) is 0 Å². The van der Waals surface area contributed by atoms with Crippen LogP contribution >= 0.6 is 0 Å². The Labute approximate surface area is 152 Å². The Hall–Kier alpha value is -3.15. The molecule has 2 aromatic heterocycles. The summed E-state index contributed by atoms with van der Waals surface area (Å²) in [5, 5.41) is 6.76. The Kier molecular flexibility index (Phi) is 5.31. The van der Waals surface area contributed by atoms with Crippen LogP contribution in [0.15, 0.2) is 53.2 Å². The fraction of sp³-hybridized carbons (Fsp3) is 0.250. The fourth-order valence-corrected chi connectivity index (χ4v) is 2.92. The lowest BCUT2D eigenvalue weighted by molar-refractivity contribution is 0.0949. The van der Waals surface area contributed by atoms with Gasteiger partial charge in [-0.2, -0.15) is 0 Å². The van der Waals surface area contributed by atoms with Crippen molar-refractivity contribution in [3.63, 3.8) is 0 Å². The summed E-state index contributed by atoms with van der Waals surface area (Å²) in [7, 11) is 1.99. The Morgan fingerprint density at radius 1 is 1.15 bits per heavy atom. The largest absolute Gasteiger partial charge is 0.361 e. The van der Waals surface area contributed by atoms with Crippen LogP contribution in [0.2, 0.25) is 0 Å². The number of anilines is 1. The van der Waals surface area contributed by atoms with Crippen LogP contribution in [-0.4, -0.2) is 23.1 Å². The van der Waals surface area contributed by atoms with Crippen LogP contribution in [0.3, 0.4) is 0 Å². The molecule has 0 bridgehead atoms. The molecule has 6 heteroatoms. The molecule has 0 saturated carbocycles. The summed E-state index contributed by atoms with van der Waals surface area (Å²) in [6, 6.07) is 14.0. The highest BCUT2D eigenvalue weighted by Crippen LogP contribution is 2.19. The number of rotatable bonds is 6. The fourth-order valence-electron chi connectivity index (χ4n) is 2.92. The summed E-state index contributed by atoms with van der Waals surface area (Å²) in [4.78, 5) is 19.0. The number of aryl methyl sites for hydroxylation is 2. The molecule has 0 radical (unpaired) electrons. The minimum atomic E-state index is -0.193. The van der Waals surface area contributed by atoms with Gasteiger partial charge >= 0.3 is 0 Å². The van der Waals surface area contributed by atoms with Crippen molar-refractivity contribution in [2.24, 2.45) is 0 Å². The molecule has 2 heterocycles. The van der Waals surface area contributed by atoms with Crippen LogP contribution in [0.5, 0.6) is 0 Å². The molecule has 0 saturated heterocycles. The molecule has 0 aliphatic carbocycles. The maximum atomic E-state index is 12.4. The predicted octanol–water partition coefficient (Wildman–Crippen LogP) is 3.25. The first-order valence-electron chi connectivity index (χ1n) is 8.46. The lowest BCUT2D eigenvalue weighted by atomic mass is 10.1. The number of hydrogen-bond donors (Lipinski definition) is 1. The van der Waals surface area contributed by atoms with Gasteiger partial charge in [0.15, 0.2) is 0 Å². The van der Waals surface area contributed by atoms with E-state index in [0.29, 0.717) is 23.6 Å². The Morgan fingerprint density at radius 2 is 1.92 bits per heavy atom. The van der Waals surface area contributed by atoms with E-state index in [0.717, 1.165) is 17.9 Å². The van der Waals surface area contributed by atoms with E-state index < -0.39 is 0 Å². The molecule has 0 unspecified atom stereocenters. The van der Waals surface area contributed by atoms with Gasteiger partial charge < -0.3 is 14.7 Å². The van der Waals surface area contributed by atoms with Crippen molar-refractivity contribution < 1.29 is 9.32 Å². The Balaban J connectivity index is 1.72. The number of nitrogens with zero attached hydrogens (tertiary/aromatic N) is 3. The van der Waals surface area contributed by atoms with Gasteiger partial charge in [0.05, 0.1) is 5.69 Å². The standard InChI is InChI=1S/C20H22N4O2/c1-14-18(15(2)26-23-14)20(25)22-12-17-10-7-11-21-19(17)24(3)13-16-8-5-4-6-9-16/h4-11H,12-13H2,1-3H3,(H,22,25).